The Balaban J connectivity index is 1.83. The van der Waals surface area contributed by atoms with E-state index in [1.165, 1.54) is 0 Å². The van der Waals surface area contributed by atoms with E-state index in [1.807, 2.05) is 12.2 Å². The Morgan fingerprint density at radius 2 is 1.83 bits per heavy atom. The number of hydrogen-bond acceptors (Lipinski definition) is 5. The molecule has 0 spiro atoms. The number of amides is 4. The number of hydrogen-bond donors (Lipinski definition) is 4. The van der Waals surface area contributed by atoms with Gasteiger partial charge in [-0.3, -0.25) is 19.2 Å². The molecule has 4 amide bonds. The van der Waals surface area contributed by atoms with Crippen LogP contribution >= 0.6 is 0 Å². The summed E-state index contributed by atoms with van der Waals surface area (Å²) in [4.78, 5) is 53.3. The highest BCUT2D eigenvalue weighted by Gasteiger charge is 2.71. The molecular formula is C23H32F3N5O4. The topological polar surface area (TPSA) is 162 Å². The van der Waals surface area contributed by atoms with Crippen molar-refractivity contribution in [2.45, 2.75) is 50.9 Å². The van der Waals surface area contributed by atoms with Crippen LogP contribution in [0.4, 0.5) is 13.2 Å². The minimum absolute atomic E-state index is 0.0170. The van der Waals surface area contributed by atoms with Crippen LogP contribution in [0.1, 0.15) is 33.1 Å². The second-order valence-corrected chi connectivity index (χ2v) is 10.9. The van der Waals surface area contributed by atoms with Gasteiger partial charge in [0.15, 0.2) is 0 Å². The molecule has 1 saturated carbocycles. The van der Waals surface area contributed by atoms with E-state index < -0.39 is 58.6 Å². The highest BCUT2D eigenvalue weighted by atomic mass is 19.4. The van der Waals surface area contributed by atoms with Crippen molar-refractivity contribution in [3.8, 4) is 0 Å². The van der Waals surface area contributed by atoms with Gasteiger partial charge < -0.3 is 27.4 Å². The Morgan fingerprint density at radius 1 is 1.20 bits per heavy atom. The molecule has 2 heterocycles. The van der Waals surface area contributed by atoms with Gasteiger partial charge in [0.1, 0.15) is 5.54 Å². The molecule has 4 rings (SSSR count). The number of nitrogens with one attached hydrogen (secondary N) is 1. The van der Waals surface area contributed by atoms with Crippen molar-refractivity contribution < 1.29 is 32.3 Å². The number of primary amides is 2. The molecule has 2 aliphatic heterocycles. The quantitative estimate of drug-likeness (QED) is 0.363. The predicted molar refractivity (Wildman–Crippen MR) is 118 cm³/mol. The van der Waals surface area contributed by atoms with Gasteiger partial charge >= 0.3 is 6.18 Å². The third-order valence-electron chi connectivity index (χ3n) is 8.96. The Morgan fingerprint density at radius 3 is 2.34 bits per heavy atom. The lowest BCUT2D eigenvalue weighted by molar-refractivity contribution is -0.221. The number of alkyl halides is 3. The highest BCUT2D eigenvalue weighted by molar-refractivity contribution is 5.98. The van der Waals surface area contributed by atoms with Crippen molar-refractivity contribution in [2.75, 3.05) is 13.1 Å². The van der Waals surface area contributed by atoms with Crippen LogP contribution in [0.5, 0.6) is 0 Å². The van der Waals surface area contributed by atoms with E-state index in [1.54, 1.807) is 0 Å². The fraction of sp³-hybridized carbons (Fsp3) is 0.739. The molecule has 4 aliphatic rings. The van der Waals surface area contributed by atoms with Crippen LogP contribution in [0.2, 0.25) is 0 Å². The van der Waals surface area contributed by atoms with Gasteiger partial charge in [0.2, 0.25) is 23.6 Å². The molecule has 12 heteroatoms. The summed E-state index contributed by atoms with van der Waals surface area (Å²) in [6.45, 7) is 1.95. The van der Waals surface area contributed by atoms with E-state index in [9.17, 15) is 32.3 Å². The van der Waals surface area contributed by atoms with Gasteiger partial charge in [0.25, 0.3) is 0 Å². The first-order valence-corrected chi connectivity index (χ1v) is 11.8. The lowest BCUT2D eigenvalue weighted by Gasteiger charge is -2.47. The highest BCUT2D eigenvalue weighted by Crippen LogP contribution is 2.61. The van der Waals surface area contributed by atoms with Crippen LogP contribution in [0.3, 0.4) is 0 Å². The van der Waals surface area contributed by atoms with Crippen LogP contribution in [0.25, 0.3) is 0 Å². The maximum absolute atomic E-state index is 13.8. The summed E-state index contributed by atoms with van der Waals surface area (Å²) in [6.07, 6.45) is -0.00498. The summed E-state index contributed by atoms with van der Waals surface area (Å²) in [5.41, 5.74) is 13.1. The van der Waals surface area contributed by atoms with Crippen LogP contribution in [0, 0.1) is 40.9 Å². The molecule has 8 atom stereocenters. The molecule has 3 fully saturated rings. The zero-order valence-electron chi connectivity index (χ0n) is 19.7. The summed E-state index contributed by atoms with van der Waals surface area (Å²) in [6, 6.07) is -2.05. The zero-order valence-corrected chi connectivity index (χ0v) is 19.7. The summed E-state index contributed by atoms with van der Waals surface area (Å²) in [7, 11) is 0. The maximum atomic E-state index is 13.8. The third kappa shape index (κ3) is 3.54. The van der Waals surface area contributed by atoms with Crippen molar-refractivity contribution in [3.05, 3.63) is 12.2 Å². The largest absolute Gasteiger partial charge is 0.395 e. The van der Waals surface area contributed by atoms with Gasteiger partial charge in [-0.1, -0.05) is 12.2 Å². The van der Waals surface area contributed by atoms with Gasteiger partial charge in [-0.25, -0.2) is 0 Å². The molecule has 2 aliphatic carbocycles. The van der Waals surface area contributed by atoms with E-state index in [0.29, 0.717) is 19.4 Å². The lowest BCUT2D eigenvalue weighted by atomic mass is 9.64. The minimum atomic E-state index is -4.81. The third-order valence-corrected chi connectivity index (χ3v) is 8.96. The van der Waals surface area contributed by atoms with Crippen molar-refractivity contribution >= 4 is 23.6 Å². The second-order valence-electron chi connectivity index (χ2n) is 10.9. The zero-order chi connectivity index (χ0) is 26.1. The average Bonchev–Trinajstić information content (AvgIpc) is 3.51. The molecule has 7 N–H and O–H groups in total. The predicted octanol–water partition coefficient (Wildman–Crippen LogP) is 0.0345. The smallest absolute Gasteiger partial charge is 0.369 e. The van der Waals surface area contributed by atoms with Gasteiger partial charge in [0.05, 0.1) is 17.4 Å². The van der Waals surface area contributed by atoms with Gasteiger partial charge in [0, 0.05) is 24.9 Å². The first-order valence-electron chi connectivity index (χ1n) is 11.8. The van der Waals surface area contributed by atoms with Crippen LogP contribution in [0.15, 0.2) is 12.2 Å². The van der Waals surface area contributed by atoms with Gasteiger partial charge in [-0.15, -0.1) is 0 Å². The summed E-state index contributed by atoms with van der Waals surface area (Å²) in [5, 5.41) is 2.66. The number of likely N-dealkylation sites (tertiary alicyclic amines) is 1. The van der Waals surface area contributed by atoms with E-state index >= 15 is 0 Å². The SMILES string of the molecule is CC(C)([C@H](N)C(=O)N1CC2C3C=CC(C3)C2C1(C(N)=O)[C@H](C[C@H]1CCNC1=O)C(N)=O)C(F)(F)F. The van der Waals surface area contributed by atoms with E-state index in [2.05, 4.69) is 5.32 Å². The molecule has 0 aromatic rings. The Kier molecular flexibility index (Phi) is 5.97. The van der Waals surface area contributed by atoms with Gasteiger partial charge in [-0.05, 0) is 50.9 Å². The number of halogens is 3. The summed E-state index contributed by atoms with van der Waals surface area (Å²) in [5.74, 6) is -6.50. The molecule has 0 aromatic carbocycles. The molecular weight excluding hydrogens is 467 g/mol. The number of carbonyl (C=O) groups excluding carboxylic acids is 4. The number of nitrogens with two attached hydrogens (primary N) is 3. The molecule has 194 valence electrons. The first-order chi connectivity index (χ1) is 16.2. The van der Waals surface area contributed by atoms with E-state index in [0.717, 1.165) is 18.7 Å². The van der Waals surface area contributed by atoms with Crippen molar-refractivity contribution in [3.63, 3.8) is 0 Å². The Bertz CT molecular complexity index is 983. The van der Waals surface area contributed by atoms with E-state index in [-0.39, 0.29) is 36.6 Å². The maximum Gasteiger partial charge on any atom is 0.395 e. The van der Waals surface area contributed by atoms with Crippen LogP contribution in [-0.4, -0.2) is 59.4 Å². The Labute approximate surface area is 201 Å². The molecule has 2 saturated heterocycles. The normalized spacial score (nSPS) is 35.7. The standard InChI is InChI=1S/C23H32F3N5O4/c1-21(2,23(24,25)26)16(27)19(34)31-9-13-10-3-4-11(7-10)15(13)22(31,20(29)35)14(17(28)32)8-12-5-6-30-18(12)33/h3-4,10-16H,5-9,27H2,1-2H3,(H2,28,32)(H2,29,35)(H,30,33)/t10?,11?,12-,13?,14-,15?,16-,22?/m1/s1. The van der Waals surface area contributed by atoms with Crippen molar-refractivity contribution in [2.24, 2.45) is 58.1 Å². The molecule has 2 bridgehead atoms. The molecule has 9 nitrogen and oxygen atoms in total. The number of carbonyl (C=O) groups is 4. The lowest BCUT2D eigenvalue weighted by Crippen LogP contribution is -2.70. The van der Waals surface area contributed by atoms with Crippen LogP contribution < -0.4 is 22.5 Å². The molecule has 0 radical (unpaired) electrons. The summed E-state index contributed by atoms with van der Waals surface area (Å²) < 4.78 is 41.3. The molecule has 5 unspecified atom stereocenters. The molecule has 0 aromatic heterocycles. The number of allylic oxidation sites excluding steroid dienone is 2. The van der Waals surface area contributed by atoms with Crippen molar-refractivity contribution in [1.29, 1.82) is 0 Å². The fourth-order valence-corrected chi connectivity index (χ4v) is 6.85. The first kappa shape index (κ1) is 25.5. The average molecular weight is 500 g/mol. The van der Waals surface area contributed by atoms with Crippen molar-refractivity contribution in [1.82, 2.24) is 10.2 Å². The fourth-order valence-electron chi connectivity index (χ4n) is 6.85. The second kappa shape index (κ2) is 8.21. The summed E-state index contributed by atoms with van der Waals surface area (Å²) >= 11 is 0. The van der Waals surface area contributed by atoms with Crippen LogP contribution in [-0.2, 0) is 19.2 Å². The number of rotatable bonds is 7. The monoisotopic (exact) mass is 499 g/mol. The number of nitrogens with zero attached hydrogens (tertiary/aromatic N) is 1. The van der Waals surface area contributed by atoms with E-state index in [4.69, 9.17) is 17.2 Å². The molecule has 35 heavy (non-hydrogen) atoms. The number of fused-ring (bicyclic) bond motifs is 5. The van der Waals surface area contributed by atoms with Gasteiger partial charge in [-0.2, -0.15) is 13.2 Å². The Hall–Kier alpha value is -2.63. The minimum Gasteiger partial charge on any atom is -0.369 e.